The Morgan fingerprint density at radius 3 is 2.65 bits per heavy atom. The fourth-order valence-electron chi connectivity index (χ4n) is 1.62. The van der Waals surface area contributed by atoms with E-state index in [4.69, 9.17) is 21.4 Å². The molecule has 0 aromatic heterocycles. The van der Waals surface area contributed by atoms with Gasteiger partial charge in [0.2, 0.25) is 0 Å². The molecule has 0 spiro atoms. The van der Waals surface area contributed by atoms with Gasteiger partial charge in [0.25, 0.3) is 5.91 Å². The van der Waals surface area contributed by atoms with Gasteiger partial charge in [0.05, 0.1) is 4.47 Å². The molecular formula is C13H15BrClNO4. The van der Waals surface area contributed by atoms with Crippen LogP contribution in [0, 0.1) is 0 Å². The lowest BCUT2D eigenvalue weighted by Gasteiger charge is -2.23. The van der Waals surface area contributed by atoms with Crippen LogP contribution >= 0.6 is 27.5 Å². The minimum absolute atomic E-state index is 0.236. The Bertz CT molecular complexity index is 509. The minimum Gasteiger partial charge on any atom is -0.483 e. The van der Waals surface area contributed by atoms with Crippen LogP contribution < -0.4 is 4.74 Å². The highest BCUT2D eigenvalue weighted by Crippen LogP contribution is 2.27. The number of aliphatic carboxylic acids is 1. The number of carbonyl (C=O) groups excluding carboxylic acids is 1. The van der Waals surface area contributed by atoms with Gasteiger partial charge in [0.15, 0.2) is 6.61 Å². The third-order valence-electron chi connectivity index (χ3n) is 2.78. The number of hydrogen-bond donors (Lipinski definition) is 1. The number of amides is 1. The molecular weight excluding hydrogens is 350 g/mol. The number of ether oxygens (including phenoxy) is 1. The van der Waals surface area contributed by atoms with E-state index in [0.29, 0.717) is 21.7 Å². The predicted octanol–water partition coefficient (Wildman–Crippen LogP) is 2.80. The Hall–Kier alpha value is -1.27. The molecule has 20 heavy (non-hydrogen) atoms. The van der Waals surface area contributed by atoms with Crippen molar-refractivity contribution in [3.63, 3.8) is 0 Å². The highest BCUT2D eigenvalue weighted by molar-refractivity contribution is 9.10. The maximum Gasteiger partial charge on any atom is 0.326 e. The van der Waals surface area contributed by atoms with Crippen LogP contribution in [0.5, 0.6) is 5.75 Å². The number of benzene rings is 1. The van der Waals surface area contributed by atoms with E-state index < -0.39 is 17.9 Å². The second-order valence-electron chi connectivity index (χ2n) is 4.13. The Balaban J connectivity index is 2.65. The van der Waals surface area contributed by atoms with Crippen LogP contribution in [0.1, 0.15) is 13.3 Å². The molecule has 0 fully saturated rings. The first kappa shape index (κ1) is 16.8. The van der Waals surface area contributed by atoms with Crippen molar-refractivity contribution in [3.05, 3.63) is 27.7 Å². The molecule has 0 aliphatic carbocycles. The van der Waals surface area contributed by atoms with E-state index in [1.54, 1.807) is 25.1 Å². The van der Waals surface area contributed by atoms with E-state index in [9.17, 15) is 9.59 Å². The molecule has 1 atom stereocenters. The Morgan fingerprint density at radius 2 is 2.15 bits per heavy atom. The van der Waals surface area contributed by atoms with E-state index in [2.05, 4.69) is 15.9 Å². The topological polar surface area (TPSA) is 66.8 Å². The first-order chi connectivity index (χ1) is 9.36. The summed E-state index contributed by atoms with van der Waals surface area (Å²) in [5, 5.41) is 9.54. The molecule has 5 nitrogen and oxygen atoms in total. The summed E-state index contributed by atoms with van der Waals surface area (Å²) in [6, 6.07) is 4.08. The summed E-state index contributed by atoms with van der Waals surface area (Å²) >= 11 is 9.07. The van der Waals surface area contributed by atoms with Crippen LogP contribution in [0.25, 0.3) is 0 Å². The van der Waals surface area contributed by atoms with Crippen molar-refractivity contribution in [2.24, 2.45) is 0 Å². The summed E-state index contributed by atoms with van der Waals surface area (Å²) in [5.74, 6) is -0.961. The van der Waals surface area contributed by atoms with Crippen molar-refractivity contribution >= 4 is 39.4 Å². The number of rotatable bonds is 6. The molecule has 110 valence electrons. The van der Waals surface area contributed by atoms with E-state index in [1.165, 1.54) is 11.9 Å². The number of carboxylic acids is 1. The zero-order valence-electron chi connectivity index (χ0n) is 11.1. The standard InChI is InChI=1S/C13H15BrClNO4/c1-3-10(13(18)19)16(2)12(17)7-20-11-5-4-8(15)6-9(11)14/h4-6,10H,3,7H2,1-2H3,(H,18,19). The summed E-state index contributed by atoms with van der Waals surface area (Å²) < 4.78 is 5.99. The molecule has 0 saturated carbocycles. The van der Waals surface area contributed by atoms with Crippen LogP contribution in [0.15, 0.2) is 22.7 Å². The second-order valence-corrected chi connectivity index (χ2v) is 5.42. The molecule has 1 amide bonds. The molecule has 0 aliphatic rings. The van der Waals surface area contributed by atoms with E-state index in [0.717, 1.165) is 0 Å². The number of hydrogen-bond acceptors (Lipinski definition) is 3. The lowest BCUT2D eigenvalue weighted by molar-refractivity contribution is -0.149. The summed E-state index contributed by atoms with van der Waals surface area (Å²) in [6.45, 7) is 1.47. The van der Waals surface area contributed by atoms with Crippen molar-refractivity contribution in [1.29, 1.82) is 0 Å². The van der Waals surface area contributed by atoms with Crippen LogP contribution in [0.2, 0.25) is 5.02 Å². The molecule has 1 unspecified atom stereocenters. The minimum atomic E-state index is -1.03. The Morgan fingerprint density at radius 1 is 1.50 bits per heavy atom. The smallest absolute Gasteiger partial charge is 0.326 e. The van der Waals surface area contributed by atoms with Crippen molar-refractivity contribution in [3.8, 4) is 5.75 Å². The molecule has 1 aromatic rings. The highest BCUT2D eigenvalue weighted by atomic mass is 79.9. The molecule has 1 N–H and O–H groups in total. The number of nitrogens with zero attached hydrogens (tertiary/aromatic N) is 1. The van der Waals surface area contributed by atoms with E-state index in [-0.39, 0.29) is 6.61 Å². The van der Waals surface area contributed by atoms with Crippen LogP contribution in [-0.2, 0) is 9.59 Å². The normalized spacial score (nSPS) is 11.8. The maximum atomic E-state index is 11.9. The van der Waals surface area contributed by atoms with Gasteiger partial charge in [-0.1, -0.05) is 18.5 Å². The molecule has 0 aliphatic heterocycles. The number of halogens is 2. The molecule has 0 heterocycles. The summed E-state index contributed by atoms with van der Waals surface area (Å²) in [6.07, 6.45) is 0.336. The quantitative estimate of drug-likeness (QED) is 0.843. The molecule has 0 radical (unpaired) electrons. The Kier molecular flexibility index (Phi) is 6.29. The Labute approximate surface area is 130 Å². The predicted molar refractivity (Wildman–Crippen MR) is 79.1 cm³/mol. The van der Waals surface area contributed by atoms with Crippen molar-refractivity contribution in [1.82, 2.24) is 4.90 Å². The monoisotopic (exact) mass is 363 g/mol. The lowest BCUT2D eigenvalue weighted by atomic mass is 10.2. The number of carbonyl (C=O) groups is 2. The van der Waals surface area contributed by atoms with Crippen LogP contribution in [0.4, 0.5) is 0 Å². The number of carboxylic acid groups (broad SMARTS) is 1. The average Bonchev–Trinajstić information content (AvgIpc) is 2.37. The van der Waals surface area contributed by atoms with Gasteiger partial charge < -0.3 is 14.7 Å². The zero-order valence-corrected chi connectivity index (χ0v) is 13.4. The van der Waals surface area contributed by atoms with Gasteiger partial charge in [-0.05, 0) is 40.5 Å². The van der Waals surface area contributed by atoms with Gasteiger partial charge in [0.1, 0.15) is 11.8 Å². The van der Waals surface area contributed by atoms with Gasteiger partial charge >= 0.3 is 5.97 Å². The SMILES string of the molecule is CCC(C(=O)O)N(C)C(=O)COc1ccc(Cl)cc1Br. The zero-order chi connectivity index (χ0) is 15.3. The average molecular weight is 365 g/mol. The van der Waals surface area contributed by atoms with Gasteiger partial charge in [-0.3, -0.25) is 4.79 Å². The fourth-order valence-corrected chi connectivity index (χ4v) is 2.42. The van der Waals surface area contributed by atoms with Gasteiger partial charge in [0, 0.05) is 12.1 Å². The molecule has 1 rings (SSSR count). The molecule has 1 aromatic carbocycles. The fraction of sp³-hybridized carbons (Fsp3) is 0.385. The third-order valence-corrected chi connectivity index (χ3v) is 3.63. The van der Waals surface area contributed by atoms with Crippen LogP contribution in [0.3, 0.4) is 0 Å². The summed E-state index contributed by atoms with van der Waals surface area (Å²) in [4.78, 5) is 24.1. The largest absolute Gasteiger partial charge is 0.483 e. The van der Waals surface area contributed by atoms with E-state index in [1.807, 2.05) is 0 Å². The van der Waals surface area contributed by atoms with Gasteiger partial charge in [-0.2, -0.15) is 0 Å². The molecule has 0 saturated heterocycles. The number of likely N-dealkylation sites (N-methyl/N-ethyl adjacent to an activating group) is 1. The maximum absolute atomic E-state index is 11.9. The van der Waals surface area contributed by atoms with Crippen molar-refractivity contribution in [2.45, 2.75) is 19.4 Å². The first-order valence-corrected chi connectivity index (χ1v) is 7.10. The lowest BCUT2D eigenvalue weighted by Crippen LogP contribution is -2.44. The van der Waals surface area contributed by atoms with Crippen molar-refractivity contribution < 1.29 is 19.4 Å². The second kappa shape index (κ2) is 7.50. The van der Waals surface area contributed by atoms with Crippen molar-refractivity contribution in [2.75, 3.05) is 13.7 Å². The molecule has 0 bridgehead atoms. The summed E-state index contributed by atoms with van der Waals surface area (Å²) in [5.41, 5.74) is 0. The molecule has 7 heteroatoms. The van der Waals surface area contributed by atoms with Gasteiger partial charge in [-0.25, -0.2) is 4.79 Å². The summed E-state index contributed by atoms with van der Waals surface area (Å²) in [7, 11) is 1.45. The third kappa shape index (κ3) is 4.38. The van der Waals surface area contributed by atoms with Gasteiger partial charge in [-0.15, -0.1) is 0 Å². The van der Waals surface area contributed by atoms with Crippen LogP contribution in [-0.4, -0.2) is 41.6 Å². The highest BCUT2D eigenvalue weighted by Gasteiger charge is 2.24. The first-order valence-electron chi connectivity index (χ1n) is 5.93. The van der Waals surface area contributed by atoms with E-state index >= 15 is 0 Å².